The fourth-order valence-corrected chi connectivity index (χ4v) is 3.76. The smallest absolute Gasteiger partial charge is 0.326 e. The van der Waals surface area contributed by atoms with Crippen LogP contribution in [-0.4, -0.2) is 40.7 Å². The first-order valence-corrected chi connectivity index (χ1v) is 10.7. The third-order valence-corrected chi connectivity index (χ3v) is 5.49. The number of aromatic nitrogens is 2. The first-order valence-electron chi connectivity index (χ1n) is 8.96. The Hall–Kier alpha value is -2.43. The summed E-state index contributed by atoms with van der Waals surface area (Å²) >= 11 is 12.7. The van der Waals surface area contributed by atoms with E-state index >= 15 is 0 Å². The maximum absolute atomic E-state index is 13.6. The van der Waals surface area contributed by atoms with E-state index in [0.29, 0.717) is 22.0 Å². The topological polar surface area (TPSA) is 110 Å². The molecule has 8 nitrogen and oxygen atoms in total. The quantitative estimate of drug-likeness (QED) is 0.331. The van der Waals surface area contributed by atoms with Crippen molar-refractivity contribution in [2.24, 2.45) is 0 Å². The minimum Gasteiger partial charge on any atom is -0.469 e. The van der Waals surface area contributed by atoms with Gasteiger partial charge in [-0.05, 0) is 18.1 Å². The highest BCUT2D eigenvalue weighted by molar-refractivity contribution is 7.99. The summed E-state index contributed by atoms with van der Waals surface area (Å²) in [7, 11) is 1.30. The molecule has 0 spiro atoms. The van der Waals surface area contributed by atoms with Gasteiger partial charge in [-0.3, -0.25) is 19.9 Å². The molecule has 2 N–H and O–H groups in total. The van der Waals surface area contributed by atoms with Gasteiger partial charge in [0.05, 0.1) is 30.5 Å². The van der Waals surface area contributed by atoms with E-state index in [1.54, 1.807) is 12.3 Å². The number of carbonyl (C=O) groups excluding carboxylic acids is 3. The molecule has 166 valence electrons. The average Bonchev–Trinajstić information content (AvgIpc) is 2.71. The normalized spacial score (nSPS) is 10.7. The Morgan fingerprint density at radius 2 is 1.97 bits per heavy atom. The van der Waals surface area contributed by atoms with Crippen molar-refractivity contribution in [3.05, 3.63) is 45.7 Å². The lowest BCUT2D eigenvalue weighted by Gasteiger charge is -2.17. The van der Waals surface area contributed by atoms with Gasteiger partial charge in [-0.25, -0.2) is 14.2 Å². The molecule has 31 heavy (non-hydrogen) atoms. The highest BCUT2D eigenvalue weighted by atomic mass is 35.5. The predicted octanol–water partition coefficient (Wildman–Crippen LogP) is 4.66. The molecular formula is C19H19Cl2FN4O4S. The lowest BCUT2D eigenvalue weighted by atomic mass is 10.1. The van der Waals surface area contributed by atoms with Gasteiger partial charge < -0.3 is 10.1 Å². The van der Waals surface area contributed by atoms with Crippen molar-refractivity contribution in [3.63, 3.8) is 0 Å². The molecule has 12 heteroatoms. The minimum atomic E-state index is -0.958. The van der Waals surface area contributed by atoms with Crippen LogP contribution in [0.4, 0.5) is 14.9 Å². The standard InChI is InChI=1S/C19H19Cl2FN4O4S/c1-9(2)14-15(12(4-6-23-14)31-7-5-13(27)30-3)24-19(29)26-18(28)10-8-11(22)17(21)25-16(10)20/h4,6,8-9H,5,7H2,1-3H3,(H2,24,26,28,29). The Morgan fingerprint density at radius 3 is 2.61 bits per heavy atom. The molecule has 0 aliphatic heterocycles. The van der Waals surface area contributed by atoms with Crippen molar-refractivity contribution in [1.29, 1.82) is 0 Å². The fourth-order valence-electron chi connectivity index (χ4n) is 2.41. The lowest BCUT2D eigenvalue weighted by Crippen LogP contribution is -2.35. The zero-order valence-electron chi connectivity index (χ0n) is 16.8. The van der Waals surface area contributed by atoms with Gasteiger partial charge in [0.15, 0.2) is 11.0 Å². The van der Waals surface area contributed by atoms with Gasteiger partial charge in [0.2, 0.25) is 0 Å². The number of hydrogen-bond acceptors (Lipinski definition) is 7. The van der Waals surface area contributed by atoms with Crippen molar-refractivity contribution >= 4 is 58.6 Å². The molecular weight excluding hydrogens is 470 g/mol. The number of thioether (sulfide) groups is 1. The number of halogens is 3. The van der Waals surface area contributed by atoms with E-state index in [9.17, 15) is 18.8 Å². The summed E-state index contributed by atoms with van der Waals surface area (Å²) in [6, 6.07) is 1.60. The Balaban J connectivity index is 2.20. The SMILES string of the molecule is COC(=O)CCSc1ccnc(C(C)C)c1NC(=O)NC(=O)c1cc(F)c(Cl)nc1Cl. The third kappa shape index (κ3) is 6.78. The monoisotopic (exact) mass is 488 g/mol. The molecule has 3 amide bonds. The molecule has 0 aromatic carbocycles. The summed E-state index contributed by atoms with van der Waals surface area (Å²) in [5.74, 6) is -1.90. The van der Waals surface area contributed by atoms with E-state index in [4.69, 9.17) is 23.2 Å². The number of rotatable bonds is 7. The minimum absolute atomic E-state index is 0.0452. The van der Waals surface area contributed by atoms with E-state index in [0.717, 1.165) is 6.07 Å². The average molecular weight is 489 g/mol. The molecule has 2 rings (SSSR count). The van der Waals surface area contributed by atoms with Crippen LogP contribution in [-0.2, 0) is 9.53 Å². The highest BCUT2D eigenvalue weighted by Gasteiger charge is 2.20. The number of nitrogens with one attached hydrogen (secondary N) is 2. The van der Waals surface area contributed by atoms with Crippen LogP contribution in [0.25, 0.3) is 0 Å². The second kappa shape index (κ2) is 11.3. The van der Waals surface area contributed by atoms with Crippen molar-refractivity contribution in [2.75, 3.05) is 18.2 Å². The van der Waals surface area contributed by atoms with Gasteiger partial charge >= 0.3 is 12.0 Å². The molecule has 0 bridgehead atoms. The first-order chi connectivity index (χ1) is 14.6. The summed E-state index contributed by atoms with van der Waals surface area (Å²) in [6.07, 6.45) is 1.77. The fraction of sp³-hybridized carbons (Fsp3) is 0.316. The van der Waals surface area contributed by atoms with Crippen molar-refractivity contribution in [3.8, 4) is 0 Å². The van der Waals surface area contributed by atoms with Crippen LogP contribution in [0.1, 0.15) is 42.2 Å². The number of amides is 3. The summed E-state index contributed by atoms with van der Waals surface area (Å²) < 4.78 is 18.2. The number of imide groups is 1. The predicted molar refractivity (Wildman–Crippen MR) is 116 cm³/mol. The molecule has 0 radical (unpaired) electrons. The highest BCUT2D eigenvalue weighted by Crippen LogP contribution is 2.33. The molecule has 0 aliphatic carbocycles. The number of esters is 1. The van der Waals surface area contributed by atoms with Crippen LogP contribution in [0, 0.1) is 5.82 Å². The Bertz CT molecular complexity index is 1010. The number of anilines is 1. The molecule has 0 fully saturated rings. The van der Waals surface area contributed by atoms with Gasteiger partial charge in [0.1, 0.15) is 5.15 Å². The molecule has 2 heterocycles. The Morgan fingerprint density at radius 1 is 1.26 bits per heavy atom. The number of urea groups is 1. The van der Waals surface area contributed by atoms with Crippen LogP contribution in [0.3, 0.4) is 0 Å². The summed E-state index contributed by atoms with van der Waals surface area (Å²) in [4.78, 5) is 44.6. The summed E-state index contributed by atoms with van der Waals surface area (Å²) in [5.41, 5.74) is 0.633. The lowest BCUT2D eigenvalue weighted by molar-refractivity contribution is -0.140. The van der Waals surface area contributed by atoms with Crippen molar-refractivity contribution < 1.29 is 23.5 Å². The third-order valence-electron chi connectivity index (χ3n) is 3.88. The maximum Gasteiger partial charge on any atom is 0.326 e. The van der Waals surface area contributed by atoms with Crippen molar-refractivity contribution in [1.82, 2.24) is 15.3 Å². The largest absolute Gasteiger partial charge is 0.469 e. The molecule has 0 saturated heterocycles. The second-order valence-corrected chi connectivity index (χ2v) is 8.26. The van der Waals surface area contributed by atoms with Gasteiger partial charge in [0.25, 0.3) is 5.91 Å². The van der Waals surface area contributed by atoms with Gasteiger partial charge in [-0.1, -0.05) is 37.0 Å². The molecule has 0 aliphatic rings. The Labute approximate surface area is 192 Å². The zero-order chi connectivity index (χ0) is 23.1. The van der Waals surface area contributed by atoms with Crippen LogP contribution < -0.4 is 10.6 Å². The number of hydrogen-bond donors (Lipinski definition) is 2. The molecule has 2 aromatic rings. The van der Waals surface area contributed by atoms with Crippen LogP contribution in [0.15, 0.2) is 23.2 Å². The molecule has 0 saturated carbocycles. The van der Waals surface area contributed by atoms with Crippen molar-refractivity contribution in [2.45, 2.75) is 31.1 Å². The Kier molecular flexibility index (Phi) is 9.02. The van der Waals surface area contributed by atoms with E-state index < -0.39 is 22.9 Å². The molecule has 2 aromatic heterocycles. The summed E-state index contributed by atoms with van der Waals surface area (Å²) in [6.45, 7) is 3.78. The second-order valence-electron chi connectivity index (χ2n) is 6.41. The van der Waals surface area contributed by atoms with E-state index in [2.05, 4.69) is 25.3 Å². The maximum atomic E-state index is 13.6. The van der Waals surface area contributed by atoms with E-state index in [1.807, 2.05) is 13.8 Å². The molecule has 0 unspecified atom stereocenters. The van der Waals surface area contributed by atoms with Crippen LogP contribution >= 0.6 is 35.0 Å². The number of carbonyl (C=O) groups is 3. The number of nitrogens with zero attached hydrogens (tertiary/aromatic N) is 2. The van der Waals surface area contributed by atoms with Crippen LogP contribution in [0.2, 0.25) is 10.3 Å². The number of pyridine rings is 2. The number of ether oxygens (including phenoxy) is 1. The van der Waals surface area contributed by atoms with E-state index in [-0.39, 0.29) is 29.0 Å². The van der Waals surface area contributed by atoms with Gasteiger partial charge in [-0.2, -0.15) is 0 Å². The first kappa shape index (κ1) is 24.8. The molecule has 0 atom stereocenters. The number of methoxy groups -OCH3 is 1. The van der Waals surface area contributed by atoms with E-state index in [1.165, 1.54) is 18.9 Å². The van der Waals surface area contributed by atoms with Gasteiger partial charge in [-0.15, -0.1) is 11.8 Å². The van der Waals surface area contributed by atoms with Gasteiger partial charge in [0, 0.05) is 16.8 Å². The van der Waals surface area contributed by atoms with Crippen LogP contribution in [0.5, 0.6) is 0 Å². The summed E-state index contributed by atoms with van der Waals surface area (Å²) in [5, 5.41) is 3.84. The zero-order valence-corrected chi connectivity index (χ0v) is 19.1.